The molecule has 31 heavy (non-hydrogen) atoms. The van der Waals surface area contributed by atoms with Crippen molar-refractivity contribution in [1.29, 1.82) is 5.26 Å². The quantitative estimate of drug-likeness (QED) is 0.440. The molecule has 3 atom stereocenters. The number of carbonyl (C=O) groups is 1. The van der Waals surface area contributed by atoms with Gasteiger partial charge in [0.2, 0.25) is 5.12 Å². The van der Waals surface area contributed by atoms with Crippen LogP contribution in [-0.4, -0.2) is 70.8 Å². The summed E-state index contributed by atoms with van der Waals surface area (Å²) in [4.78, 5) is 14.6. The average Bonchev–Trinajstić information content (AvgIpc) is 2.80. The first-order valence-electron chi connectivity index (χ1n) is 10.1. The number of rotatable bonds is 7. The van der Waals surface area contributed by atoms with Gasteiger partial charge in [-0.15, -0.1) is 0 Å². The van der Waals surface area contributed by atoms with Crippen LogP contribution in [0.25, 0.3) is 16.8 Å². The highest BCUT2D eigenvalue weighted by Gasteiger charge is 2.20. The number of ether oxygens (including phenoxy) is 1. The topological polar surface area (TPSA) is 114 Å². The number of thioether (sulfide) groups is 1. The van der Waals surface area contributed by atoms with Crippen molar-refractivity contribution < 1.29 is 24.9 Å². The van der Waals surface area contributed by atoms with Crippen LogP contribution in [0.2, 0.25) is 0 Å². The molecule has 1 saturated heterocycles. The number of benzene rings is 2. The van der Waals surface area contributed by atoms with Gasteiger partial charge in [0, 0.05) is 24.0 Å². The van der Waals surface area contributed by atoms with Gasteiger partial charge >= 0.3 is 0 Å². The Morgan fingerprint density at radius 1 is 1.29 bits per heavy atom. The van der Waals surface area contributed by atoms with E-state index in [4.69, 9.17) is 9.84 Å². The van der Waals surface area contributed by atoms with Gasteiger partial charge in [-0.1, -0.05) is 30.0 Å². The van der Waals surface area contributed by atoms with E-state index in [1.165, 1.54) is 6.08 Å². The van der Waals surface area contributed by atoms with Gasteiger partial charge in [0.1, 0.15) is 17.7 Å². The summed E-state index contributed by atoms with van der Waals surface area (Å²) in [6.45, 7) is 3.81. The molecule has 0 spiro atoms. The van der Waals surface area contributed by atoms with E-state index in [0.717, 1.165) is 40.3 Å². The molecule has 0 amide bonds. The van der Waals surface area contributed by atoms with Crippen molar-refractivity contribution in [1.82, 2.24) is 0 Å². The molecule has 1 aliphatic heterocycles. The van der Waals surface area contributed by atoms with Crippen LogP contribution in [0.15, 0.2) is 42.0 Å². The summed E-state index contributed by atoms with van der Waals surface area (Å²) >= 11 is 0.735. The lowest BCUT2D eigenvalue weighted by molar-refractivity contribution is -0.107. The van der Waals surface area contributed by atoms with Gasteiger partial charge in [0.25, 0.3) is 0 Å². The molecule has 0 aromatic heterocycles. The Hall–Kier alpha value is -2.41. The number of anilines is 1. The molecule has 3 N–H and O–H groups in total. The highest BCUT2D eigenvalue weighted by atomic mass is 32.2. The molecule has 0 bridgehead atoms. The Morgan fingerprint density at radius 2 is 2.03 bits per heavy atom. The van der Waals surface area contributed by atoms with Crippen LogP contribution in [0, 0.1) is 11.3 Å². The van der Waals surface area contributed by atoms with Crippen molar-refractivity contribution in [2.24, 2.45) is 0 Å². The molecule has 3 unspecified atom stereocenters. The molecular formula is C23H26N2O5S. The second-order valence-electron chi connectivity index (χ2n) is 7.49. The van der Waals surface area contributed by atoms with Crippen LogP contribution in [0.5, 0.6) is 0 Å². The fourth-order valence-electron chi connectivity index (χ4n) is 3.41. The normalized spacial score (nSPS) is 19.1. The summed E-state index contributed by atoms with van der Waals surface area (Å²) in [5.74, 6) is -0.111. The number of aliphatic hydroxyl groups is 3. The number of fused-ring (bicyclic) bond motifs is 1. The Labute approximate surface area is 185 Å². The van der Waals surface area contributed by atoms with Gasteiger partial charge in [0.15, 0.2) is 0 Å². The first-order valence-corrected chi connectivity index (χ1v) is 11.1. The monoisotopic (exact) mass is 442 g/mol. The Balaban J connectivity index is 1.75. The van der Waals surface area contributed by atoms with E-state index in [9.17, 15) is 20.3 Å². The summed E-state index contributed by atoms with van der Waals surface area (Å²) < 4.78 is 5.51. The summed E-state index contributed by atoms with van der Waals surface area (Å²) in [5, 5.41) is 38.8. The molecule has 2 aromatic rings. The fourth-order valence-corrected chi connectivity index (χ4v) is 4.21. The van der Waals surface area contributed by atoms with E-state index in [-0.39, 0.29) is 11.3 Å². The van der Waals surface area contributed by atoms with Crippen LogP contribution >= 0.6 is 11.8 Å². The van der Waals surface area contributed by atoms with Crippen molar-refractivity contribution in [3.8, 4) is 6.07 Å². The van der Waals surface area contributed by atoms with Crippen molar-refractivity contribution >= 4 is 39.4 Å². The maximum absolute atomic E-state index is 12.3. The predicted molar refractivity (Wildman–Crippen MR) is 122 cm³/mol. The lowest BCUT2D eigenvalue weighted by Crippen LogP contribution is -2.43. The molecule has 8 heteroatoms. The first-order chi connectivity index (χ1) is 14.9. The molecule has 1 heterocycles. The van der Waals surface area contributed by atoms with Gasteiger partial charge in [-0.05, 0) is 47.5 Å². The average molecular weight is 443 g/mol. The number of hydrogen-bond acceptors (Lipinski definition) is 8. The van der Waals surface area contributed by atoms with Gasteiger partial charge in [-0.25, -0.2) is 0 Å². The number of nitriles is 1. The minimum absolute atomic E-state index is 0.0474. The molecule has 1 aliphatic rings. The maximum atomic E-state index is 12.3. The highest BCUT2D eigenvalue weighted by Crippen LogP contribution is 2.26. The smallest absolute Gasteiger partial charge is 0.230 e. The van der Waals surface area contributed by atoms with E-state index in [0.29, 0.717) is 19.3 Å². The number of morpholine rings is 1. The van der Waals surface area contributed by atoms with Crippen molar-refractivity contribution in [2.75, 3.05) is 37.0 Å². The SMILES string of the molecule is CC1COCCN1c1ccc2cc(/C=C(\C#N)C(=O)SCC(O)C(O)CO)ccc2c1. The number of carbonyl (C=O) groups excluding carboxylic acids is 1. The lowest BCUT2D eigenvalue weighted by Gasteiger charge is -2.35. The van der Waals surface area contributed by atoms with Gasteiger partial charge in [-0.3, -0.25) is 4.79 Å². The lowest BCUT2D eigenvalue weighted by atomic mass is 10.0. The first kappa shape index (κ1) is 23.3. The van der Waals surface area contributed by atoms with E-state index >= 15 is 0 Å². The maximum Gasteiger partial charge on any atom is 0.230 e. The third kappa shape index (κ3) is 5.85. The summed E-state index contributed by atoms with van der Waals surface area (Å²) in [5.41, 5.74) is 1.81. The minimum atomic E-state index is -1.32. The Morgan fingerprint density at radius 3 is 2.74 bits per heavy atom. The molecule has 0 saturated carbocycles. The zero-order valence-corrected chi connectivity index (χ0v) is 18.1. The van der Waals surface area contributed by atoms with Crippen LogP contribution in [0.1, 0.15) is 12.5 Å². The van der Waals surface area contributed by atoms with Crippen molar-refractivity contribution in [3.05, 3.63) is 47.5 Å². The summed E-state index contributed by atoms with van der Waals surface area (Å²) in [7, 11) is 0. The molecule has 0 radical (unpaired) electrons. The van der Waals surface area contributed by atoms with E-state index in [2.05, 4.69) is 24.0 Å². The predicted octanol–water partition coefficient (Wildman–Crippen LogP) is 1.95. The molecule has 164 valence electrons. The third-order valence-corrected chi connectivity index (χ3v) is 6.21. The van der Waals surface area contributed by atoms with Crippen LogP contribution in [-0.2, 0) is 9.53 Å². The largest absolute Gasteiger partial charge is 0.394 e. The van der Waals surface area contributed by atoms with Crippen LogP contribution < -0.4 is 4.90 Å². The van der Waals surface area contributed by atoms with Crippen LogP contribution in [0.4, 0.5) is 5.69 Å². The summed E-state index contributed by atoms with van der Waals surface area (Å²) in [6.07, 6.45) is -1.05. The van der Waals surface area contributed by atoms with Gasteiger partial charge in [-0.2, -0.15) is 5.26 Å². The molecular weight excluding hydrogens is 416 g/mol. The van der Waals surface area contributed by atoms with E-state index < -0.39 is 23.9 Å². The Bertz CT molecular complexity index is 1000. The molecule has 7 nitrogen and oxygen atoms in total. The van der Waals surface area contributed by atoms with E-state index in [1.807, 2.05) is 30.3 Å². The number of aliphatic hydroxyl groups excluding tert-OH is 3. The van der Waals surface area contributed by atoms with Crippen molar-refractivity contribution in [2.45, 2.75) is 25.2 Å². The number of nitrogens with zero attached hydrogens (tertiary/aromatic N) is 2. The summed E-state index contributed by atoms with van der Waals surface area (Å²) in [6, 6.07) is 14.2. The van der Waals surface area contributed by atoms with Crippen molar-refractivity contribution in [3.63, 3.8) is 0 Å². The second kappa shape index (κ2) is 10.8. The molecule has 1 fully saturated rings. The molecule has 0 aliphatic carbocycles. The zero-order chi connectivity index (χ0) is 22.4. The zero-order valence-electron chi connectivity index (χ0n) is 17.3. The molecule has 3 rings (SSSR count). The fraction of sp³-hybridized carbons (Fsp3) is 0.391. The van der Waals surface area contributed by atoms with E-state index in [1.54, 1.807) is 0 Å². The number of hydrogen-bond donors (Lipinski definition) is 3. The minimum Gasteiger partial charge on any atom is -0.394 e. The third-order valence-electron chi connectivity index (χ3n) is 5.21. The van der Waals surface area contributed by atoms with Crippen LogP contribution in [0.3, 0.4) is 0 Å². The highest BCUT2D eigenvalue weighted by molar-refractivity contribution is 8.14. The van der Waals surface area contributed by atoms with Gasteiger partial charge < -0.3 is 25.0 Å². The van der Waals surface area contributed by atoms with Gasteiger partial charge in [0.05, 0.1) is 25.9 Å². The second-order valence-corrected chi connectivity index (χ2v) is 8.49. The molecule has 2 aromatic carbocycles. The standard InChI is InChI=1S/C23H26N2O5S/c1-15-13-30-7-6-25(15)20-5-4-17-8-16(2-3-18(17)10-20)9-19(11-24)23(29)31-14-22(28)21(27)12-26/h2-5,8-10,15,21-22,26-28H,6-7,12-14H2,1H3/b19-9+. The Kier molecular flexibility index (Phi) is 8.07.